The molecule has 0 radical (unpaired) electrons. The summed E-state index contributed by atoms with van der Waals surface area (Å²) >= 11 is 5.98. The molecule has 1 atom stereocenters. The molecule has 2 N–H and O–H groups in total. The summed E-state index contributed by atoms with van der Waals surface area (Å²) in [5.41, 5.74) is 1.11. The van der Waals surface area contributed by atoms with Gasteiger partial charge >= 0.3 is 0 Å². The summed E-state index contributed by atoms with van der Waals surface area (Å²) in [5, 5.41) is 3.59. The van der Waals surface area contributed by atoms with E-state index in [1.54, 1.807) is 0 Å². The Kier molecular flexibility index (Phi) is 8.25. The fraction of sp³-hybridized carbons (Fsp3) is 0.350. The average Bonchev–Trinajstić information content (AvgIpc) is 2.60. The van der Waals surface area contributed by atoms with Gasteiger partial charge in [-0.3, -0.25) is 4.79 Å². The molecule has 2 rings (SSSR count). The van der Waals surface area contributed by atoms with Gasteiger partial charge < -0.3 is 19.7 Å². The Bertz CT molecular complexity index is 692. The molecule has 0 fully saturated rings. The first-order valence-corrected chi connectivity index (χ1v) is 9.12. The molecule has 0 saturated heterocycles. The Morgan fingerprint density at radius 3 is 2.46 bits per heavy atom. The second kappa shape index (κ2) is 10.7. The fourth-order valence-corrected chi connectivity index (χ4v) is 2.77. The number of hydrogen-bond acceptors (Lipinski definition) is 3. The molecule has 2 aromatic rings. The zero-order valence-corrected chi connectivity index (χ0v) is 16.0. The molecule has 0 aliphatic carbocycles. The number of likely N-dealkylation sites (N-methyl/N-ethyl adjacent to an activating group) is 1. The van der Waals surface area contributed by atoms with Crippen LogP contribution >= 0.6 is 11.6 Å². The van der Waals surface area contributed by atoms with E-state index in [1.165, 1.54) is 0 Å². The number of rotatable bonds is 10. The van der Waals surface area contributed by atoms with Crippen LogP contribution in [0.3, 0.4) is 0 Å². The minimum atomic E-state index is -0.000165. The number of nitrogens with one attached hydrogen (secondary N) is 2. The number of carbonyl (C=O) groups excluding carboxylic acids is 1. The van der Waals surface area contributed by atoms with Crippen LogP contribution in [0, 0.1) is 0 Å². The van der Waals surface area contributed by atoms with E-state index in [-0.39, 0.29) is 5.91 Å². The summed E-state index contributed by atoms with van der Waals surface area (Å²) in [7, 11) is 1.98. The molecular weight excluding hydrogens is 352 g/mol. The van der Waals surface area contributed by atoms with Crippen LogP contribution in [0.25, 0.3) is 0 Å². The van der Waals surface area contributed by atoms with Crippen LogP contribution in [0.4, 0.5) is 0 Å². The van der Waals surface area contributed by atoms with Crippen molar-refractivity contribution in [1.82, 2.24) is 5.32 Å². The highest BCUT2D eigenvalue weighted by molar-refractivity contribution is 6.30. The first-order chi connectivity index (χ1) is 12.6. The maximum atomic E-state index is 12.0. The predicted octanol–water partition coefficient (Wildman–Crippen LogP) is 1.95. The van der Waals surface area contributed by atoms with Crippen molar-refractivity contribution in [1.29, 1.82) is 0 Å². The Hall–Kier alpha value is -2.24. The van der Waals surface area contributed by atoms with Gasteiger partial charge in [-0.05, 0) is 43.3 Å². The predicted molar refractivity (Wildman–Crippen MR) is 103 cm³/mol. The van der Waals surface area contributed by atoms with Crippen LogP contribution < -0.4 is 19.7 Å². The quantitative estimate of drug-likeness (QED) is 0.622. The number of amides is 1. The number of carbonyl (C=O) groups is 1. The van der Waals surface area contributed by atoms with Gasteiger partial charge in [0, 0.05) is 10.6 Å². The van der Waals surface area contributed by atoms with E-state index in [9.17, 15) is 4.79 Å². The maximum absolute atomic E-state index is 12.0. The van der Waals surface area contributed by atoms with E-state index in [1.807, 2.05) is 62.5 Å². The van der Waals surface area contributed by atoms with Crippen molar-refractivity contribution in [3.8, 4) is 11.5 Å². The second-order valence-corrected chi connectivity index (χ2v) is 6.48. The second-order valence-electron chi connectivity index (χ2n) is 6.04. The number of quaternary nitrogens is 1. The van der Waals surface area contributed by atoms with E-state index in [4.69, 9.17) is 21.1 Å². The van der Waals surface area contributed by atoms with Gasteiger partial charge in [-0.1, -0.05) is 23.7 Å². The summed E-state index contributed by atoms with van der Waals surface area (Å²) < 4.78 is 11.0. The van der Waals surface area contributed by atoms with Gasteiger partial charge in [0.2, 0.25) is 0 Å². The minimum absolute atomic E-state index is 0.000165. The standard InChI is InChI=1S/C20H25ClN2O3/c1-3-25-18-7-9-19(10-8-18)26-12-11-22-20(24)15-23(2)14-16-5-4-6-17(21)13-16/h4-10,13H,3,11-12,14-15H2,1-2H3,(H,22,24)/p+1. The zero-order valence-electron chi connectivity index (χ0n) is 15.3. The Balaban J connectivity index is 1.63. The number of benzene rings is 2. The summed E-state index contributed by atoms with van der Waals surface area (Å²) in [6, 6.07) is 15.1. The first-order valence-electron chi connectivity index (χ1n) is 8.75. The highest BCUT2D eigenvalue weighted by Crippen LogP contribution is 2.17. The molecule has 0 aliphatic rings. The third kappa shape index (κ3) is 7.33. The SMILES string of the molecule is CCOc1ccc(OCCNC(=O)C[NH+](C)Cc2cccc(Cl)c2)cc1. The molecule has 5 nitrogen and oxygen atoms in total. The van der Waals surface area contributed by atoms with E-state index < -0.39 is 0 Å². The molecule has 1 unspecified atom stereocenters. The van der Waals surface area contributed by atoms with Crippen LogP contribution in [-0.2, 0) is 11.3 Å². The summed E-state index contributed by atoms with van der Waals surface area (Å²) in [4.78, 5) is 13.1. The molecule has 0 aliphatic heterocycles. The maximum Gasteiger partial charge on any atom is 0.275 e. The lowest BCUT2D eigenvalue weighted by Crippen LogP contribution is -3.08. The van der Waals surface area contributed by atoms with E-state index in [0.717, 1.165) is 28.5 Å². The van der Waals surface area contributed by atoms with Crippen molar-refractivity contribution in [3.63, 3.8) is 0 Å². The highest BCUT2D eigenvalue weighted by Gasteiger charge is 2.10. The lowest BCUT2D eigenvalue weighted by Gasteiger charge is -2.14. The van der Waals surface area contributed by atoms with Gasteiger partial charge in [-0.15, -0.1) is 0 Å². The van der Waals surface area contributed by atoms with E-state index >= 15 is 0 Å². The van der Waals surface area contributed by atoms with Crippen LogP contribution in [-0.4, -0.2) is 39.3 Å². The first kappa shape index (κ1) is 20.1. The number of halogens is 1. The van der Waals surface area contributed by atoms with Crippen LogP contribution in [0.15, 0.2) is 48.5 Å². The van der Waals surface area contributed by atoms with Gasteiger partial charge in [-0.2, -0.15) is 0 Å². The van der Waals surface area contributed by atoms with Crippen molar-refractivity contribution < 1.29 is 19.2 Å². The third-order valence-corrected chi connectivity index (χ3v) is 3.92. The summed E-state index contributed by atoms with van der Waals surface area (Å²) in [6.07, 6.45) is 0. The number of hydrogen-bond donors (Lipinski definition) is 2. The molecule has 26 heavy (non-hydrogen) atoms. The van der Waals surface area contributed by atoms with Crippen molar-refractivity contribution >= 4 is 17.5 Å². The van der Waals surface area contributed by atoms with Gasteiger partial charge in [0.25, 0.3) is 5.91 Å². The van der Waals surface area contributed by atoms with E-state index in [0.29, 0.717) is 31.3 Å². The van der Waals surface area contributed by atoms with Crippen LogP contribution in [0.5, 0.6) is 11.5 Å². The molecular formula is C20H26ClN2O3+. The van der Waals surface area contributed by atoms with E-state index in [2.05, 4.69) is 5.32 Å². The summed E-state index contributed by atoms with van der Waals surface area (Å²) in [5.74, 6) is 1.57. The molecule has 1 amide bonds. The minimum Gasteiger partial charge on any atom is -0.494 e. The molecule has 6 heteroatoms. The van der Waals surface area contributed by atoms with Gasteiger partial charge in [-0.25, -0.2) is 0 Å². The van der Waals surface area contributed by atoms with Crippen LogP contribution in [0.1, 0.15) is 12.5 Å². The molecule has 0 spiro atoms. The Morgan fingerprint density at radius 1 is 1.12 bits per heavy atom. The Labute approximate surface area is 159 Å². The average molecular weight is 378 g/mol. The smallest absolute Gasteiger partial charge is 0.275 e. The monoisotopic (exact) mass is 377 g/mol. The normalized spacial score (nSPS) is 11.7. The van der Waals surface area contributed by atoms with Gasteiger partial charge in [0.05, 0.1) is 20.2 Å². The lowest BCUT2D eigenvalue weighted by molar-refractivity contribution is -0.885. The van der Waals surface area contributed by atoms with Gasteiger partial charge in [0.1, 0.15) is 24.7 Å². The lowest BCUT2D eigenvalue weighted by atomic mass is 10.2. The van der Waals surface area contributed by atoms with Crippen molar-refractivity contribution in [2.45, 2.75) is 13.5 Å². The highest BCUT2D eigenvalue weighted by atomic mass is 35.5. The largest absolute Gasteiger partial charge is 0.494 e. The number of ether oxygens (including phenoxy) is 2. The third-order valence-electron chi connectivity index (χ3n) is 3.68. The van der Waals surface area contributed by atoms with Crippen LogP contribution in [0.2, 0.25) is 5.02 Å². The van der Waals surface area contributed by atoms with Crippen molar-refractivity contribution in [3.05, 3.63) is 59.1 Å². The molecule has 140 valence electrons. The summed E-state index contributed by atoms with van der Waals surface area (Å²) in [6.45, 7) is 4.62. The molecule has 2 aromatic carbocycles. The molecule has 0 bridgehead atoms. The molecule has 0 aromatic heterocycles. The van der Waals surface area contributed by atoms with Crippen molar-refractivity contribution in [2.24, 2.45) is 0 Å². The topological polar surface area (TPSA) is 52.0 Å². The Morgan fingerprint density at radius 2 is 1.81 bits per heavy atom. The van der Waals surface area contributed by atoms with Gasteiger partial charge in [0.15, 0.2) is 6.54 Å². The molecule has 0 heterocycles. The molecule has 0 saturated carbocycles. The fourth-order valence-electron chi connectivity index (χ4n) is 2.55. The zero-order chi connectivity index (χ0) is 18.8. The van der Waals surface area contributed by atoms with Crippen molar-refractivity contribution in [2.75, 3.05) is 33.4 Å².